The van der Waals surface area contributed by atoms with E-state index < -0.39 is 10.0 Å². The zero-order valence-electron chi connectivity index (χ0n) is 11.1. The second kappa shape index (κ2) is 6.40. The van der Waals surface area contributed by atoms with Gasteiger partial charge >= 0.3 is 0 Å². The first kappa shape index (κ1) is 17.0. The quantitative estimate of drug-likeness (QED) is 0.791. The maximum Gasteiger partial charge on any atom is 0.254 e. The molecule has 0 atom stereocenters. The molecule has 0 aliphatic rings. The van der Waals surface area contributed by atoms with Crippen LogP contribution in [0.3, 0.4) is 0 Å². The van der Waals surface area contributed by atoms with Gasteiger partial charge in [-0.3, -0.25) is 0 Å². The zero-order chi connectivity index (χ0) is 15.8. The second-order valence-corrected chi connectivity index (χ2v) is 8.92. The summed E-state index contributed by atoms with van der Waals surface area (Å²) in [6, 6.07) is 5.10. The number of rotatable bonds is 4. The highest BCUT2D eigenvalue weighted by Crippen LogP contribution is 2.31. The van der Waals surface area contributed by atoms with Crippen LogP contribution in [0.25, 0.3) is 0 Å². The molecule has 0 N–H and O–H groups in total. The fourth-order valence-electron chi connectivity index (χ4n) is 1.73. The van der Waals surface area contributed by atoms with Gasteiger partial charge in [-0.15, -0.1) is 0 Å². The van der Waals surface area contributed by atoms with E-state index in [1.807, 2.05) is 0 Å². The molecule has 0 radical (unpaired) electrons. The summed E-state index contributed by atoms with van der Waals surface area (Å²) in [6.45, 7) is 1.71. The minimum Gasteiger partial charge on any atom is -0.229 e. The van der Waals surface area contributed by atoms with Gasteiger partial charge in [0.1, 0.15) is 0 Å². The van der Waals surface area contributed by atoms with Crippen molar-refractivity contribution in [1.82, 2.24) is 9.29 Å². The molecule has 2 rings (SSSR count). The van der Waals surface area contributed by atoms with E-state index in [1.165, 1.54) is 11.4 Å². The summed E-state index contributed by atoms with van der Waals surface area (Å²) in [5.41, 5.74) is 1.01. The van der Waals surface area contributed by atoms with Crippen molar-refractivity contribution in [3.8, 4) is 0 Å². The van der Waals surface area contributed by atoms with Gasteiger partial charge in [-0.1, -0.05) is 58.3 Å². The summed E-state index contributed by atoms with van der Waals surface area (Å²) < 4.78 is 26.6. The molecule has 1 aromatic heterocycles. The first-order valence-corrected chi connectivity index (χ1v) is 9.14. The molecule has 0 unspecified atom stereocenters. The number of benzene rings is 1. The van der Waals surface area contributed by atoms with Gasteiger partial charge in [0.2, 0.25) is 0 Å². The predicted octanol–water partition coefficient (Wildman–Crippen LogP) is 4.23. The van der Waals surface area contributed by atoms with Crippen molar-refractivity contribution in [3.63, 3.8) is 0 Å². The van der Waals surface area contributed by atoms with Crippen molar-refractivity contribution in [2.75, 3.05) is 7.05 Å². The van der Waals surface area contributed by atoms with E-state index in [0.29, 0.717) is 21.3 Å². The van der Waals surface area contributed by atoms with Crippen molar-refractivity contribution < 1.29 is 8.42 Å². The van der Waals surface area contributed by atoms with Gasteiger partial charge in [0.05, 0.1) is 15.7 Å². The van der Waals surface area contributed by atoms with Gasteiger partial charge < -0.3 is 0 Å². The van der Waals surface area contributed by atoms with Crippen LogP contribution in [0.2, 0.25) is 14.5 Å². The summed E-state index contributed by atoms with van der Waals surface area (Å²) in [6.07, 6.45) is 0. The normalized spacial score (nSPS) is 12.1. The van der Waals surface area contributed by atoms with Gasteiger partial charge in [-0.25, -0.2) is 13.4 Å². The fourth-order valence-corrected chi connectivity index (χ4v) is 5.18. The van der Waals surface area contributed by atoms with Crippen LogP contribution in [-0.2, 0) is 16.6 Å². The van der Waals surface area contributed by atoms with Crippen molar-refractivity contribution in [1.29, 1.82) is 0 Å². The Labute approximate surface area is 142 Å². The highest BCUT2D eigenvalue weighted by Gasteiger charge is 2.27. The first-order chi connectivity index (χ1) is 9.73. The summed E-state index contributed by atoms with van der Waals surface area (Å²) in [4.78, 5) is 3.93. The minimum atomic E-state index is -3.67. The molecule has 0 saturated heterocycles. The number of halogens is 3. The fraction of sp³-hybridized carbons (Fsp3) is 0.250. The van der Waals surface area contributed by atoms with E-state index in [4.69, 9.17) is 34.8 Å². The molecule has 0 fully saturated rings. The molecule has 1 heterocycles. The van der Waals surface area contributed by atoms with Crippen LogP contribution in [0.15, 0.2) is 22.4 Å². The summed E-state index contributed by atoms with van der Waals surface area (Å²) >= 11 is 18.7. The Morgan fingerprint density at radius 1 is 1.29 bits per heavy atom. The lowest BCUT2D eigenvalue weighted by molar-refractivity contribution is 0.468. The molecule has 2 aromatic rings. The molecule has 21 heavy (non-hydrogen) atoms. The van der Waals surface area contributed by atoms with Gasteiger partial charge in [-0.05, 0) is 18.6 Å². The Bertz CT molecular complexity index is 775. The maximum atomic E-state index is 12.5. The molecule has 0 aliphatic heterocycles. The molecular formula is C12H11Cl3N2O2S2. The minimum absolute atomic E-state index is 0.108. The summed E-state index contributed by atoms with van der Waals surface area (Å²) in [5.74, 6) is 0. The van der Waals surface area contributed by atoms with Crippen LogP contribution >= 0.6 is 46.1 Å². The second-order valence-electron chi connectivity index (χ2n) is 4.31. The first-order valence-electron chi connectivity index (χ1n) is 5.75. The smallest absolute Gasteiger partial charge is 0.229 e. The molecular weight excluding hydrogens is 375 g/mol. The van der Waals surface area contributed by atoms with E-state index in [0.717, 1.165) is 11.3 Å². The molecule has 9 heteroatoms. The Hall–Kier alpha value is -0.370. The standard InChI is InChI=1S/C12H11Cl3N2O2S2/c1-7-11(20-12(15)16-7)21(18,19)17(2)6-8-4-3-5-9(13)10(8)14/h3-5H,6H2,1-2H3. The van der Waals surface area contributed by atoms with Crippen LogP contribution in [0, 0.1) is 6.92 Å². The highest BCUT2D eigenvalue weighted by atomic mass is 35.5. The van der Waals surface area contributed by atoms with E-state index in [9.17, 15) is 8.42 Å². The summed E-state index contributed by atoms with van der Waals surface area (Å²) in [5, 5.41) is 0.734. The Morgan fingerprint density at radius 3 is 2.52 bits per heavy atom. The molecule has 4 nitrogen and oxygen atoms in total. The van der Waals surface area contributed by atoms with Crippen molar-refractivity contribution in [2.45, 2.75) is 17.7 Å². The van der Waals surface area contributed by atoms with Gasteiger partial charge in [0.25, 0.3) is 10.0 Å². The number of hydrogen-bond donors (Lipinski definition) is 0. The van der Waals surface area contributed by atoms with E-state index in [-0.39, 0.29) is 15.2 Å². The topological polar surface area (TPSA) is 50.3 Å². The number of aryl methyl sites for hydroxylation is 1. The van der Waals surface area contributed by atoms with Crippen LogP contribution in [-0.4, -0.2) is 24.8 Å². The zero-order valence-corrected chi connectivity index (χ0v) is 15.0. The molecule has 0 saturated carbocycles. The van der Waals surface area contributed by atoms with Gasteiger partial charge in [0, 0.05) is 13.6 Å². The lowest BCUT2D eigenvalue weighted by atomic mass is 10.2. The number of hydrogen-bond acceptors (Lipinski definition) is 4. The molecule has 0 aliphatic carbocycles. The molecule has 114 valence electrons. The van der Waals surface area contributed by atoms with Crippen LogP contribution < -0.4 is 0 Å². The van der Waals surface area contributed by atoms with E-state index in [1.54, 1.807) is 25.1 Å². The average molecular weight is 386 g/mol. The molecule has 0 spiro atoms. The number of thiazole rings is 1. The van der Waals surface area contributed by atoms with E-state index in [2.05, 4.69) is 4.98 Å². The lowest BCUT2D eigenvalue weighted by Crippen LogP contribution is -2.26. The number of aromatic nitrogens is 1. The Kier molecular flexibility index (Phi) is 5.18. The molecule has 0 amide bonds. The highest BCUT2D eigenvalue weighted by molar-refractivity contribution is 7.91. The largest absolute Gasteiger partial charge is 0.254 e. The average Bonchev–Trinajstić information content (AvgIpc) is 2.74. The third-order valence-corrected chi connectivity index (χ3v) is 7.31. The van der Waals surface area contributed by atoms with Crippen molar-refractivity contribution >= 4 is 56.2 Å². The van der Waals surface area contributed by atoms with Crippen LogP contribution in [0.4, 0.5) is 0 Å². The third kappa shape index (κ3) is 3.52. The van der Waals surface area contributed by atoms with Crippen molar-refractivity contribution in [3.05, 3.63) is 44.0 Å². The lowest BCUT2D eigenvalue weighted by Gasteiger charge is -2.17. The SMILES string of the molecule is Cc1nc(Cl)sc1S(=O)(=O)N(C)Cc1cccc(Cl)c1Cl. The monoisotopic (exact) mass is 384 g/mol. The van der Waals surface area contributed by atoms with Gasteiger partial charge in [-0.2, -0.15) is 4.31 Å². The Balaban J connectivity index is 2.33. The van der Waals surface area contributed by atoms with Crippen LogP contribution in [0.1, 0.15) is 11.3 Å². The van der Waals surface area contributed by atoms with Crippen molar-refractivity contribution in [2.24, 2.45) is 0 Å². The predicted molar refractivity (Wildman–Crippen MR) is 87.0 cm³/mol. The van der Waals surface area contributed by atoms with E-state index >= 15 is 0 Å². The summed E-state index contributed by atoms with van der Waals surface area (Å²) in [7, 11) is -2.20. The Morgan fingerprint density at radius 2 is 1.95 bits per heavy atom. The molecule has 1 aromatic carbocycles. The van der Waals surface area contributed by atoms with Crippen LogP contribution in [0.5, 0.6) is 0 Å². The molecule has 0 bridgehead atoms. The number of nitrogens with zero attached hydrogens (tertiary/aromatic N) is 2. The van der Waals surface area contributed by atoms with Gasteiger partial charge in [0.15, 0.2) is 8.68 Å². The number of sulfonamides is 1. The maximum absolute atomic E-state index is 12.5. The third-order valence-electron chi connectivity index (χ3n) is 2.80.